The Morgan fingerprint density at radius 3 is 2.50 bits per heavy atom. The molecule has 0 fully saturated rings. The Bertz CT molecular complexity index is 1350. The molecule has 1 N–H and O–H groups in total. The van der Waals surface area contributed by atoms with Gasteiger partial charge in [-0.15, -0.1) is 11.3 Å². The molecule has 0 bridgehead atoms. The minimum Gasteiger partial charge on any atom is -0.312 e. The molecule has 0 saturated heterocycles. The van der Waals surface area contributed by atoms with Crippen LogP contribution >= 0.6 is 57.5 Å². The molecular weight excluding hydrogens is 505 g/mol. The number of nitriles is 1. The second-order valence-corrected chi connectivity index (χ2v) is 9.68. The second kappa shape index (κ2) is 9.86. The van der Waals surface area contributed by atoms with Gasteiger partial charge in [-0.25, -0.2) is 4.98 Å². The van der Waals surface area contributed by atoms with Gasteiger partial charge in [0, 0.05) is 10.6 Å². The maximum atomic E-state index is 12.8. The molecule has 2 aromatic carbocycles. The lowest BCUT2D eigenvalue weighted by molar-refractivity contribution is 0.102. The smallest absolute Gasteiger partial charge is 0.256 e. The molecule has 0 aliphatic heterocycles. The Balaban J connectivity index is 1.72. The molecule has 4 aromatic rings. The van der Waals surface area contributed by atoms with E-state index in [1.807, 2.05) is 17.5 Å². The van der Waals surface area contributed by atoms with Crippen molar-refractivity contribution in [1.29, 1.82) is 5.26 Å². The summed E-state index contributed by atoms with van der Waals surface area (Å²) in [5.74, 6) is -0.290. The van der Waals surface area contributed by atoms with E-state index in [0.717, 1.165) is 10.4 Å². The highest BCUT2D eigenvalue weighted by molar-refractivity contribution is 7.19. The van der Waals surface area contributed by atoms with Gasteiger partial charge in [-0.05, 0) is 59.5 Å². The van der Waals surface area contributed by atoms with Crippen molar-refractivity contribution in [2.75, 3.05) is 5.32 Å². The molecule has 0 saturated carbocycles. The van der Waals surface area contributed by atoms with Gasteiger partial charge in [0.15, 0.2) is 0 Å². The van der Waals surface area contributed by atoms with Crippen molar-refractivity contribution in [3.05, 3.63) is 91.2 Å². The highest BCUT2D eigenvalue weighted by Crippen LogP contribution is 2.39. The lowest BCUT2D eigenvalue weighted by Gasteiger charge is -2.04. The monoisotopic (exact) mass is 515 g/mol. The van der Waals surface area contributed by atoms with Gasteiger partial charge < -0.3 is 5.32 Å². The fourth-order valence-electron chi connectivity index (χ4n) is 2.79. The number of anilines is 1. The number of carbonyl (C=O) groups excluding carboxylic acids is 1. The van der Waals surface area contributed by atoms with E-state index in [2.05, 4.69) is 16.4 Å². The van der Waals surface area contributed by atoms with E-state index in [9.17, 15) is 10.1 Å². The Labute approximate surface area is 207 Å². The molecule has 1 amide bonds. The van der Waals surface area contributed by atoms with Gasteiger partial charge in [-0.3, -0.25) is 4.79 Å². The third kappa shape index (κ3) is 5.04. The number of hydrogen-bond acceptors (Lipinski definition) is 5. The predicted molar refractivity (Wildman–Crippen MR) is 135 cm³/mol. The van der Waals surface area contributed by atoms with Crippen LogP contribution in [0.4, 0.5) is 5.00 Å². The fraction of sp³-hybridized carbons (Fsp3) is 0. The van der Waals surface area contributed by atoms with Crippen LogP contribution < -0.4 is 5.32 Å². The van der Waals surface area contributed by atoms with Crippen LogP contribution in [0.15, 0.2) is 60.0 Å². The number of aromatic nitrogens is 1. The number of benzene rings is 2. The van der Waals surface area contributed by atoms with E-state index in [-0.39, 0.29) is 5.91 Å². The van der Waals surface area contributed by atoms with E-state index < -0.39 is 0 Å². The van der Waals surface area contributed by atoms with Crippen molar-refractivity contribution in [2.24, 2.45) is 0 Å². The minimum absolute atomic E-state index is 0.290. The Hall–Kier alpha value is -2.66. The molecule has 2 aromatic heterocycles. The van der Waals surface area contributed by atoms with Crippen molar-refractivity contribution in [3.8, 4) is 16.6 Å². The number of halogens is 3. The van der Waals surface area contributed by atoms with Crippen molar-refractivity contribution in [2.45, 2.75) is 0 Å². The number of thiazole rings is 1. The topological polar surface area (TPSA) is 65.8 Å². The van der Waals surface area contributed by atoms with Crippen LogP contribution in [0.2, 0.25) is 15.1 Å². The first-order valence-corrected chi connectivity index (χ1v) is 12.0. The van der Waals surface area contributed by atoms with E-state index in [1.54, 1.807) is 48.5 Å². The number of amides is 1. The highest BCUT2D eigenvalue weighted by Gasteiger charge is 2.19. The zero-order chi connectivity index (χ0) is 22.7. The maximum Gasteiger partial charge on any atom is 0.256 e. The predicted octanol–water partition coefficient (Wildman–Crippen LogP) is 8.15. The quantitative estimate of drug-likeness (QED) is 0.272. The molecule has 4 nitrogen and oxygen atoms in total. The standard InChI is InChI=1S/C23H12Cl3N3OS2/c24-16-6-4-14(5-7-16)21(30)29-23-20(19-2-1-9-31-19)28-22(32-23)15(12-27)10-13-3-8-17(25)18(26)11-13/h1-11H,(H,29,30). The average molecular weight is 517 g/mol. The van der Waals surface area contributed by atoms with Gasteiger partial charge in [0.1, 0.15) is 21.8 Å². The fourth-order valence-corrected chi connectivity index (χ4v) is 4.95. The van der Waals surface area contributed by atoms with Gasteiger partial charge in [-0.1, -0.05) is 58.3 Å². The summed E-state index contributed by atoms with van der Waals surface area (Å²) in [6.45, 7) is 0. The lowest BCUT2D eigenvalue weighted by Crippen LogP contribution is -2.11. The van der Waals surface area contributed by atoms with Crippen LogP contribution in [0.3, 0.4) is 0 Å². The van der Waals surface area contributed by atoms with Gasteiger partial charge in [0.2, 0.25) is 0 Å². The van der Waals surface area contributed by atoms with E-state index in [1.165, 1.54) is 22.7 Å². The van der Waals surface area contributed by atoms with Crippen LogP contribution in [-0.4, -0.2) is 10.9 Å². The first kappa shape index (κ1) is 22.5. The maximum absolute atomic E-state index is 12.8. The summed E-state index contributed by atoms with van der Waals surface area (Å²) < 4.78 is 0. The molecule has 158 valence electrons. The SMILES string of the molecule is N#CC(=Cc1ccc(Cl)c(Cl)c1)c1nc(-c2cccs2)c(NC(=O)c2ccc(Cl)cc2)s1. The molecule has 0 atom stereocenters. The van der Waals surface area contributed by atoms with Crippen molar-refractivity contribution < 1.29 is 4.79 Å². The molecule has 32 heavy (non-hydrogen) atoms. The number of nitrogens with zero attached hydrogens (tertiary/aromatic N) is 2. The van der Waals surface area contributed by atoms with Crippen LogP contribution in [0.1, 0.15) is 20.9 Å². The van der Waals surface area contributed by atoms with Gasteiger partial charge in [0.05, 0.1) is 20.5 Å². The summed E-state index contributed by atoms with van der Waals surface area (Å²) in [6, 6.07) is 17.7. The number of rotatable bonds is 5. The summed E-state index contributed by atoms with van der Waals surface area (Å²) in [6.07, 6.45) is 1.68. The molecule has 0 radical (unpaired) electrons. The zero-order valence-electron chi connectivity index (χ0n) is 16.1. The largest absolute Gasteiger partial charge is 0.312 e. The van der Waals surface area contributed by atoms with E-state index >= 15 is 0 Å². The minimum atomic E-state index is -0.290. The zero-order valence-corrected chi connectivity index (χ0v) is 20.0. The van der Waals surface area contributed by atoms with E-state index in [4.69, 9.17) is 34.8 Å². The average Bonchev–Trinajstić information content (AvgIpc) is 3.45. The molecule has 0 unspecified atom stereocenters. The first-order valence-electron chi connectivity index (χ1n) is 9.13. The van der Waals surface area contributed by atoms with Crippen LogP contribution in [0.5, 0.6) is 0 Å². The molecule has 0 aliphatic carbocycles. The summed E-state index contributed by atoms with van der Waals surface area (Å²) in [5.41, 5.74) is 2.14. The number of allylic oxidation sites excluding steroid dienone is 1. The lowest BCUT2D eigenvalue weighted by atomic mass is 10.1. The molecule has 0 spiro atoms. The van der Waals surface area contributed by atoms with Crippen molar-refractivity contribution in [3.63, 3.8) is 0 Å². The molecular formula is C23H12Cl3N3OS2. The van der Waals surface area contributed by atoms with Crippen LogP contribution in [0.25, 0.3) is 22.2 Å². The number of nitrogens with one attached hydrogen (secondary N) is 1. The molecule has 0 aliphatic rings. The summed E-state index contributed by atoms with van der Waals surface area (Å²) in [4.78, 5) is 18.3. The number of hydrogen-bond donors (Lipinski definition) is 1. The van der Waals surface area contributed by atoms with Gasteiger partial charge in [0.25, 0.3) is 5.91 Å². The summed E-state index contributed by atoms with van der Waals surface area (Å²) in [5, 5.41) is 17.0. The van der Waals surface area contributed by atoms with Gasteiger partial charge >= 0.3 is 0 Å². The Kier molecular flexibility index (Phi) is 6.95. The highest BCUT2D eigenvalue weighted by atomic mass is 35.5. The Morgan fingerprint density at radius 1 is 1.06 bits per heavy atom. The third-order valence-corrected chi connectivity index (χ3v) is 7.19. The normalized spacial score (nSPS) is 11.2. The van der Waals surface area contributed by atoms with E-state index in [0.29, 0.717) is 41.9 Å². The third-order valence-electron chi connectivity index (χ3n) is 4.32. The van der Waals surface area contributed by atoms with Crippen molar-refractivity contribution >= 4 is 80.0 Å². The van der Waals surface area contributed by atoms with Gasteiger partial charge in [-0.2, -0.15) is 5.26 Å². The first-order chi connectivity index (χ1) is 15.4. The molecule has 4 rings (SSSR count). The summed E-state index contributed by atoms with van der Waals surface area (Å²) in [7, 11) is 0. The number of carbonyl (C=O) groups is 1. The summed E-state index contributed by atoms with van der Waals surface area (Å²) >= 11 is 20.7. The Morgan fingerprint density at radius 2 is 1.84 bits per heavy atom. The number of thiophene rings is 1. The van der Waals surface area contributed by atoms with Crippen molar-refractivity contribution in [1.82, 2.24) is 4.98 Å². The molecule has 2 heterocycles. The van der Waals surface area contributed by atoms with Crippen LogP contribution in [-0.2, 0) is 0 Å². The molecule has 9 heteroatoms. The van der Waals surface area contributed by atoms with Crippen LogP contribution in [0, 0.1) is 11.3 Å². The second-order valence-electron chi connectivity index (χ2n) is 6.48.